The average molecular weight is 320 g/mol. The summed E-state index contributed by atoms with van der Waals surface area (Å²) in [5.74, 6) is 0.502. The maximum absolute atomic E-state index is 12.2. The first-order valence-electron chi connectivity index (χ1n) is 7.55. The lowest BCUT2D eigenvalue weighted by Crippen LogP contribution is -2.47. The molecule has 0 aromatic carbocycles. The van der Waals surface area contributed by atoms with Crippen molar-refractivity contribution in [3.63, 3.8) is 0 Å². The number of rotatable bonds is 6. The number of hydrogen-bond donors (Lipinski definition) is 2. The van der Waals surface area contributed by atoms with Crippen LogP contribution in [0, 0.1) is 0 Å². The van der Waals surface area contributed by atoms with Gasteiger partial charge in [0.1, 0.15) is 11.4 Å². The second kappa shape index (κ2) is 7.02. The summed E-state index contributed by atoms with van der Waals surface area (Å²) < 4.78 is 41.8. The van der Waals surface area contributed by atoms with E-state index in [1.165, 1.54) is 6.26 Å². The van der Waals surface area contributed by atoms with Gasteiger partial charge in [0.05, 0.1) is 12.7 Å². The fourth-order valence-corrected chi connectivity index (χ4v) is 2.66. The summed E-state index contributed by atoms with van der Waals surface area (Å²) >= 11 is 0. The van der Waals surface area contributed by atoms with Gasteiger partial charge in [0.25, 0.3) is 0 Å². The Bertz CT molecular complexity index is 438. The number of piperidine rings is 1. The van der Waals surface area contributed by atoms with Crippen LogP contribution in [0.2, 0.25) is 0 Å². The predicted molar refractivity (Wildman–Crippen MR) is 76.4 cm³/mol. The molecule has 1 fully saturated rings. The first-order chi connectivity index (χ1) is 10.3. The molecule has 0 saturated carbocycles. The number of halogens is 3. The van der Waals surface area contributed by atoms with Crippen LogP contribution in [0.3, 0.4) is 0 Å². The first kappa shape index (κ1) is 17.3. The van der Waals surface area contributed by atoms with E-state index in [1.54, 1.807) is 19.1 Å². The van der Waals surface area contributed by atoms with E-state index in [9.17, 15) is 18.3 Å². The first-order valence-corrected chi connectivity index (χ1v) is 7.55. The van der Waals surface area contributed by atoms with Gasteiger partial charge in [0, 0.05) is 19.1 Å². The number of alkyl halides is 3. The van der Waals surface area contributed by atoms with Gasteiger partial charge in [-0.1, -0.05) is 0 Å². The van der Waals surface area contributed by atoms with E-state index in [2.05, 4.69) is 5.32 Å². The van der Waals surface area contributed by atoms with Crippen molar-refractivity contribution >= 4 is 0 Å². The summed E-state index contributed by atoms with van der Waals surface area (Å²) in [6.07, 6.45) is -1.75. The molecule has 4 nitrogen and oxygen atoms in total. The van der Waals surface area contributed by atoms with Crippen LogP contribution in [0.4, 0.5) is 13.2 Å². The monoisotopic (exact) mass is 320 g/mol. The molecular weight excluding hydrogens is 297 g/mol. The van der Waals surface area contributed by atoms with E-state index < -0.39 is 18.2 Å². The van der Waals surface area contributed by atoms with Crippen LogP contribution in [0.5, 0.6) is 0 Å². The van der Waals surface area contributed by atoms with Gasteiger partial charge < -0.3 is 19.7 Å². The van der Waals surface area contributed by atoms with E-state index in [0.717, 1.165) is 12.8 Å². The Morgan fingerprint density at radius 3 is 2.59 bits per heavy atom. The summed E-state index contributed by atoms with van der Waals surface area (Å²) in [6, 6.07) is 3.66. The van der Waals surface area contributed by atoms with E-state index >= 15 is 0 Å². The van der Waals surface area contributed by atoms with Gasteiger partial charge in [0.2, 0.25) is 0 Å². The van der Waals surface area contributed by atoms with Crippen LogP contribution in [-0.4, -0.2) is 48.4 Å². The number of likely N-dealkylation sites (tertiary alicyclic amines) is 1. The van der Waals surface area contributed by atoms with Crippen molar-refractivity contribution in [1.29, 1.82) is 0 Å². The fraction of sp³-hybridized carbons (Fsp3) is 0.733. The molecule has 7 heteroatoms. The maximum Gasteiger partial charge on any atom is 0.390 e. The molecule has 1 atom stereocenters. The van der Waals surface area contributed by atoms with Gasteiger partial charge >= 0.3 is 6.18 Å². The van der Waals surface area contributed by atoms with Crippen LogP contribution in [0.25, 0.3) is 0 Å². The zero-order valence-electron chi connectivity index (χ0n) is 12.7. The quantitative estimate of drug-likeness (QED) is 0.845. The molecule has 2 N–H and O–H groups in total. The Balaban J connectivity index is 1.69. The molecule has 126 valence electrons. The van der Waals surface area contributed by atoms with Crippen molar-refractivity contribution < 1.29 is 22.7 Å². The normalized spacial score (nSPS) is 21.0. The lowest BCUT2D eigenvalue weighted by atomic mass is 10.0. The highest BCUT2D eigenvalue weighted by molar-refractivity contribution is 5.08. The number of aliphatic hydroxyl groups is 1. The van der Waals surface area contributed by atoms with E-state index in [4.69, 9.17) is 4.42 Å². The number of furan rings is 1. The molecule has 0 spiro atoms. The minimum atomic E-state index is -4.09. The van der Waals surface area contributed by atoms with Crippen molar-refractivity contribution in [2.24, 2.45) is 0 Å². The smallest absolute Gasteiger partial charge is 0.390 e. The molecule has 0 amide bonds. The third kappa shape index (κ3) is 5.30. The molecule has 0 bridgehead atoms. The Morgan fingerprint density at radius 1 is 1.36 bits per heavy atom. The van der Waals surface area contributed by atoms with Crippen molar-refractivity contribution in [2.75, 3.05) is 26.2 Å². The van der Waals surface area contributed by atoms with Gasteiger partial charge in [-0.2, -0.15) is 13.2 Å². The summed E-state index contributed by atoms with van der Waals surface area (Å²) in [6.45, 7) is 3.40. The lowest BCUT2D eigenvalue weighted by molar-refractivity contribution is -0.138. The van der Waals surface area contributed by atoms with Gasteiger partial charge in [-0.25, -0.2) is 0 Å². The van der Waals surface area contributed by atoms with Crippen molar-refractivity contribution in [1.82, 2.24) is 10.2 Å². The van der Waals surface area contributed by atoms with Gasteiger partial charge in [-0.3, -0.25) is 0 Å². The third-order valence-corrected chi connectivity index (χ3v) is 4.09. The van der Waals surface area contributed by atoms with E-state index in [1.807, 2.05) is 4.90 Å². The van der Waals surface area contributed by atoms with Crippen molar-refractivity contribution in [2.45, 2.75) is 44.0 Å². The Kier molecular flexibility index (Phi) is 5.52. The number of nitrogens with one attached hydrogen (secondary N) is 1. The van der Waals surface area contributed by atoms with Crippen molar-refractivity contribution in [3.8, 4) is 0 Å². The van der Waals surface area contributed by atoms with Crippen LogP contribution < -0.4 is 5.32 Å². The van der Waals surface area contributed by atoms with Crippen LogP contribution >= 0.6 is 0 Å². The zero-order valence-corrected chi connectivity index (χ0v) is 12.7. The average Bonchev–Trinajstić information content (AvgIpc) is 2.98. The molecule has 1 aliphatic rings. The largest absolute Gasteiger partial charge is 0.466 e. The second-order valence-corrected chi connectivity index (χ2v) is 6.11. The number of hydrogen-bond acceptors (Lipinski definition) is 4. The second-order valence-electron chi connectivity index (χ2n) is 6.11. The lowest BCUT2D eigenvalue weighted by Gasteiger charge is -2.34. The van der Waals surface area contributed by atoms with E-state index in [-0.39, 0.29) is 12.6 Å². The zero-order chi connectivity index (χ0) is 16.2. The maximum atomic E-state index is 12.2. The van der Waals surface area contributed by atoms with Crippen LogP contribution in [0.15, 0.2) is 22.8 Å². The minimum Gasteiger partial charge on any atom is -0.466 e. The predicted octanol–water partition coefficient (Wildman–Crippen LogP) is 2.49. The molecule has 0 radical (unpaired) electrons. The Labute approximate surface area is 128 Å². The third-order valence-electron chi connectivity index (χ3n) is 4.09. The van der Waals surface area contributed by atoms with Crippen LogP contribution in [0.1, 0.15) is 31.9 Å². The van der Waals surface area contributed by atoms with Gasteiger partial charge in [-0.05, 0) is 45.0 Å². The number of nitrogens with zero attached hydrogens (tertiary/aromatic N) is 1. The molecule has 0 aliphatic carbocycles. The highest BCUT2D eigenvalue weighted by Crippen LogP contribution is 2.22. The summed E-state index contributed by atoms with van der Waals surface area (Å²) in [5, 5.41) is 13.6. The molecule has 1 aliphatic heterocycles. The summed E-state index contributed by atoms with van der Waals surface area (Å²) in [4.78, 5) is 1.84. The standard InChI is InChI=1S/C15H23F3N2O2/c1-14(21,13-3-2-10-22-13)11-19-12-4-7-20(8-5-12)9-6-15(16,17)18/h2-3,10,12,19,21H,4-9,11H2,1H3. The van der Waals surface area contributed by atoms with E-state index in [0.29, 0.717) is 25.4 Å². The summed E-state index contributed by atoms with van der Waals surface area (Å²) in [5.41, 5.74) is -1.09. The molecule has 2 rings (SSSR count). The molecule has 1 aromatic rings. The highest BCUT2D eigenvalue weighted by Gasteiger charge is 2.30. The minimum absolute atomic E-state index is 0.0698. The molecular formula is C15H23F3N2O2. The van der Waals surface area contributed by atoms with Crippen molar-refractivity contribution in [3.05, 3.63) is 24.2 Å². The topological polar surface area (TPSA) is 48.6 Å². The molecule has 22 heavy (non-hydrogen) atoms. The Morgan fingerprint density at radius 2 is 2.05 bits per heavy atom. The summed E-state index contributed by atoms with van der Waals surface area (Å²) in [7, 11) is 0. The molecule has 1 unspecified atom stereocenters. The highest BCUT2D eigenvalue weighted by atomic mass is 19.4. The fourth-order valence-electron chi connectivity index (χ4n) is 2.66. The molecule has 1 aromatic heterocycles. The SMILES string of the molecule is CC(O)(CNC1CCN(CCC(F)(F)F)CC1)c1ccco1. The Hall–Kier alpha value is -1.05. The molecule has 2 heterocycles. The van der Waals surface area contributed by atoms with Gasteiger partial charge in [-0.15, -0.1) is 0 Å². The van der Waals surface area contributed by atoms with Gasteiger partial charge in [0.15, 0.2) is 0 Å². The molecule has 1 saturated heterocycles. The van der Waals surface area contributed by atoms with Crippen LogP contribution in [-0.2, 0) is 5.60 Å².